The number of hydrogen-bond donors (Lipinski definition) is 1. The molecule has 0 saturated heterocycles. The quantitative estimate of drug-likeness (QED) is 0.881. The fourth-order valence-corrected chi connectivity index (χ4v) is 2.94. The lowest BCUT2D eigenvalue weighted by Crippen LogP contribution is -2.06. The van der Waals surface area contributed by atoms with Gasteiger partial charge in [0, 0.05) is 6.54 Å². The Hall–Kier alpha value is -1.29. The molecule has 0 unspecified atom stereocenters. The van der Waals surface area contributed by atoms with E-state index in [-0.39, 0.29) is 0 Å². The van der Waals surface area contributed by atoms with Crippen LogP contribution in [0.2, 0.25) is 0 Å². The number of fused-ring (bicyclic) bond motifs is 1. The van der Waals surface area contributed by atoms with E-state index in [1.54, 1.807) is 11.3 Å². The number of ether oxygens (including phenoxy) is 1. The fraction of sp³-hybridized carbons (Fsp3) is 0.533. The second-order valence-electron chi connectivity index (χ2n) is 5.23. The third-order valence-corrected chi connectivity index (χ3v) is 4.06. The van der Waals surface area contributed by atoms with Crippen LogP contribution in [-0.2, 0) is 0 Å². The number of benzene rings is 1. The van der Waals surface area contributed by atoms with Crippen LogP contribution in [0, 0.1) is 19.8 Å². The van der Waals surface area contributed by atoms with Crippen LogP contribution < -0.4 is 10.1 Å². The first-order valence-corrected chi connectivity index (χ1v) is 7.62. The topological polar surface area (TPSA) is 34.2 Å². The highest BCUT2D eigenvalue weighted by Gasteiger charge is 2.12. The molecule has 0 saturated carbocycles. The number of aryl methyl sites for hydroxylation is 1. The maximum atomic E-state index is 5.91. The summed E-state index contributed by atoms with van der Waals surface area (Å²) in [6.07, 6.45) is 0. The van der Waals surface area contributed by atoms with Crippen molar-refractivity contribution in [1.29, 1.82) is 0 Å². The summed E-state index contributed by atoms with van der Waals surface area (Å²) in [4.78, 5) is 4.65. The average molecular weight is 278 g/mol. The Labute approximate surface area is 119 Å². The molecule has 0 radical (unpaired) electrons. The molecule has 3 nitrogen and oxygen atoms in total. The van der Waals surface area contributed by atoms with E-state index in [9.17, 15) is 0 Å². The SMILES string of the molecule is CCNc1nc2c(C)c(C)c(OCC(C)C)cc2s1. The van der Waals surface area contributed by atoms with Gasteiger partial charge in [-0.2, -0.15) is 0 Å². The maximum absolute atomic E-state index is 5.91. The highest BCUT2D eigenvalue weighted by Crippen LogP contribution is 2.35. The molecule has 0 aliphatic heterocycles. The Balaban J connectivity index is 2.40. The lowest BCUT2D eigenvalue weighted by atomic mass is 10.1. The van der Waals surface area contributed by atoms with E-state index < -0.39 is 0 Å². The Kier molecular flexibility index (Phi) is 4.30. The molecule has 1 aromatic carbocycles. The summed E-state index contributed by atoms with van der Waals surface area (Å²) < 4.78 is 7.11. The summed E-state index contributed by atoms with van der Waals surface area (Å²) in [5.41, 5.74) is 3.51. The van der Waals surface area contributed by atoms with E-state index >= 15 is 0 Å². The van der Waals surface area contributed by atoms with E-state index in [4.69, 9.17) is 4.74 Å². The number of anilines is 1. The summed E-state index contributed by atoms with van der Waals surface area (Å²) in [7, 11) is 0. The van der Waals surface area contributed by atoms with Crippen LogP contribution in [0.15, 0.2) is 6.07 Å². The number of nitrogens with one attached hydrogen (secondary N) is 1. The number of thiazole rings is 1. The highest BCUT2D eigenvalue weighted by atomic mass is 32.1. The molecule has 0 spiro atoms. The minimum Gasteiger partial charge on any atom is -0.493 e. The van der Waals surface area contributed by atoms with Gasteiger partial charge in [0.2, 0.25) is 0 Å². The molecular weight excluding hydrogens is 256 g/mol. The molecule has 0 aliphatic carbocycles. The first kappa shape index (κ1) is 14.1. The van der Waals surface area contributed by atoms with Crippen LogP contribution in [0.25, 0.3) is 10.2 Å². The van der Waals surface area contributed by atoms with Crippen molar-refractivity contribution in [3.05, 3.63) is 17.2 Å². The molecule has 0 atom stereocenters. The van der Waals surface area contributed by atoms with Gasteiger partial charge in [-0.3, -0.25) is 0 Å². The van der Waals surface area contributed by atoms with Crippen molar-refractivity contribution in [2.45, 2.75) is 34.6 Å². The maximum Gasteiger partial charge on any atom is 0.183 e. The lowest BCUT2D eigenvalue weighted by molar-refractivity contribution is 0.269. The largest absolute Gasteiger partial charge is 0.493 e. The second kappa shape index (κ2) is 5.78. The lowest BCUT2D eigenvalue weighted by Gasteiger charge is -2.13. The molecule has 1 heterocycles. The van der Waals surface area contributed by atoms with Crippen LogP contribution in [0.1, 0.15) is 31.9 Å². The molecule has 0 bridgehead atoms. The predicted molar refractivity (Wildman–Crippen MR) is 83.6 cm³/mol. The Morgan fingerprint density at radius 2 is 2.05 bits per heavy atom. The van der Waals surface area contributed by atoms with Crippen molar-refractivity contribution in [2.75, 3.05) is 18.5 Å². The average Bonchev–Trinajstić information content (AvgIpc) is 2.75. The second-order valence-corrected chi connectivity index (χ2v) is 6.26. The van der Waals surface area contributed by atoms with Gasteiger partial charge in [-0.25, -0.2) is 4.98 Å². The van der Waals surface area contributed by atoms with E-state index in [2.05, 4.69) is 51.0 Å². The van der Waals surface area contributed by atoms with Gasteiger partial charge in [0.15, 0.2) is 5.13 Å². The molecule has 0 amide bonds. The molecule has 1 N–H and O–H groups in total. The van der Waals surface area contributed by atoms with Gasteiger partial charge >= 0.3 is 0 Å². The zero-order valence-electron chi connectivity index (χ0n) is 12.3. The van der Waals surface area contributed by atoms with Crippen LogP contribution in [0.3, 0.4) is 0 Å². The third-order valence-electron chi connectivity index (χ3n) is 3.10. The first-order chi connectivity index (χ1) is 9.02. The molecule has 2 rings (SSSR count). The Morgan fingerprint density at radius 1 is 1.32 bits per heavy atom. The van der Waals surface area contributed by atoms with Gasteiger partial charge in [-0.05, 0) is 43.9 Å². The van der Waals surface area contributed by atoms with Gasteiger partial charge < -0.3 is 10.1 Å². The highest BCUT2D eigenvalue weighted by molar-refractivity contribution is 7.22. The van der Waals surface area contributed by atoms with Gasteiger partial charge in [-0.15, -0.1) is 0 Å². The zero-order chi connectivity index (χ0) is 14.0. The minimum absolute atomic E-state index is 0.536. The molecule has 4 heteroatoms. The van der Waals surface area contributed by atoms with Crippen molar-refractivity contribution >= 4 is 26.7 Å². The Morgan fingerprint density at radius 3 is 2.68 bits per heavy atom. The molecular formula is C15H22N2OS. The fourth-order valence-electron chi connectivity index (χ4n) is 1.92. The van der Waals surface area contributed by atoms with Gasteiger partial charge in [0.05, 0.1) is 16.8 Å². The molecule has 1 aromatic heterocycles. The predicted octanol–water partition coefficient (Wildman–Crippen LogP) is 4.38. The number of nitrogens with zero attached hydrogens (tertiary/aromatic N) is 1. The van der Waals surface area contributed by atoms with Crippen molar-refractivity contribution in [2.24, 2.45) is 5.92 Å². The van der Waals surface area contributed by atoms with Crippen molar-refractivity contribution in [3.63, 3.8) is 0 Å². The Bertz CT molecular complexity index is 575. The summed E-state index contributed by atoms with van der Waals surface area (Å²) in [6.45, 7) is 12.3. The van der Waals surface area contributed by atoms with Crippen LogP contribution in [-0.4, -0.2) is 18.1 Å². The number of aromatic nitrogens is 1. The standard InChI is InChI=1S/C15H22N2OS/c1-6-16-15-17-14-11(5)10(4)12(7-13(14)19-15)18-8-9(2)3/h7,9H,6,8H2,1-5H3,(H,16,17). The van der Waals surface area contributed by atoms with Crippen molar-refractivity contribution in [1.82, 2.24) is 4.98 Å². The van der Waals surface area contributed by atoms with E-state index in [1.807, 2.05) is 0 Å². The molecule has 104 valence electrons. The minimum atomic E-state index is 0.536. The summed E-state index contributed by atoms with van der Waals surface area (Å²) in [5.74, 6) is 1.53. The van der Waals surface area contributed by atoms with E-state index in [0.29, 0.717) is 5.92 Å². The van der Waals surface area contributed by atoms with E-state index in [1.165, 1.54) is 15.8 Å². The zero-order valence-corrected chi connectivity index (χ0v) is 13.1. The van der Waals surface area contributed by atoms with Crippen LogP contribution >= 0.6 is 11.3 Å². The molecule has 19 heavy (non-hydrogen) atoms. The summed E-state index contributed by atoms with van der Waals surface area (Å²) in [5, 5.41) is 4.27. The van der Waals surface area contributed by atoms with Crippen molar-refractivity contribution < 1.29 is 4.74 Å². The van der Waals surface area contributed by atoms with Gasteiger partial charge in [-0.1, -0.05) is 25.2 Å². The monoisotopic (exact) mass is 278 g/mol. The summed E-state index contributed by atoms with van der Waals surface area (Å²) >= 11 is 1.69. The van der Waals surface area contributed by atoms with Gasteiger partial charge in [0.25, 0.3) is 0 Å². The van der Waals surface area contributed by atoms with Crippen LogP contribution in [0.4, 0.5) is 5.13 Å². The number of hydrogen-bond acceptors (Lipinski definition) is 4. The van der Waals surface area contributed by atoms with Crippen LogP contribution in [0.5, 0.6) is 5.75 Å². The van der Waals surface area contributed by atoms with Crippen molar-refractivity contribution in [3.8, 4) is 5.75 Å². The molecule has 0 fully saturated rings. The van der Waals surface area contributed by atoms with E-state index in [0.717, 1.165) is 29.5 Å². The smallest absolute Gasteiger partial charge is 0.183 e. The molecule has 0 aliphatic rings. The first-order valence-electron chi connectivity index (χ1n) is 6.80. The van der Waals surface area contributed by atoms with Gasteiger partial charge in [0.1, 0.15) is 5.75 Å². The molecule has 2 aromatic rings. The third kappa shape index (κ3) is 3.00. The normalized spacial score (nSPS) is 11.3. The summed E-state index contributed by atoms with van der Waals surface area (Å²) in [6, 6.07) is 2.12. The number of rotatable bonds is 5.